The van der Waals surface area contributed by atoms with Crippen LogP contribution in [0.25, 0.3) is 0 Å². The molecule has 0 aromatic heterocycles. The van der Waals surface area contributed by atoms with Crippen LogP contribution in [0.15, 0.2) is 72.8 Å². The molecular formula is C25H23N3O4. The van der Waals surface area contributed by atoms with Gasteiger partial charge < -0.3 is 24.6 Å². The number of rotatable bonds is 4. The van der Waals surface area contributed by atoms with Crippen LogP contribution >= 0.6 is 0 Å². The highest BCUT2D eigenvalue weighted by Gasteiger charge is 2.25. The molecule has 3 aromatic rings. The predicted molar refractivity (Wildman–Crippen MR) is 122 cm³/mol. The van der Waals surface area contributed by atoms with Crippen LogP contribution in [0.4, 0.5) is 11.4 Å². The Hall–Kier alpha value is -4.00. The third-order valence-electron chi connectivity index (χ3n) is 5.73. The van der Waals surface area contributed by atoms with E-state index in [1.54, 1.807) is 36.4 Å². The van der Waals surface area contributed by atoms with Crippen LogP contribution in [0.1, 0.15) is 20.7 Å². The first-order valence-electron chi connectivity index (χ1n) is 10.6. The molecule has 1 N–H and O–H groups in total. The standard InChI is InChI=1S/C25H23N3O4/c29-24(18-10-11-22-23(16-18)32-17-31-22)26-21-9-5-4-8-20(21)25(30)28-14-12-27(13-15-28)19-6-2-1-3-7-19/h1-11,16H,12-15,17H2,(H,26,29). The average molecular weight is 429 g/mol. The Bertz CT molecular complexity index is 1140. The van der Waals surface area contributed by atoms with Crippen molar-refractivity contribution >= 4 is 23.2 Å². The van der Waals surface area contributed by atoms with Gasteiger partial charge in [-0.15, -0.1) is 0 Å². The largest absolute Gasteiger partial charge is 0.454 e. The molecule has 1 saturated heterocycles. The SMILES string of the molecule is O=C(Nc1ccccc1C(=O)N1CCN(c2ccccc2)CC1)c1ccc2c(c1)OCO2. The van der Waals surface area contributed by atoms with Crippen molar-refractivity contribution in [3.8, 4) is 11.5 Å². The van der Waals surface area contributed by atoms with Gasteiger partial charge in [0.05, 0.1) is 11.3 Å². The van der Waals surface area contributed by atoms with Crippen molar-refractivity contribution in [1.82, 2.24) is 4.90 Å². The Morgan fingerprint density at radius 2 is 1.50 bits per heavy atom. The molecule has 0 saturated carbocycles. The second kappa shape index (κ2) is 8.63. The van der Waals surface area contributed by atoms with Gasteiger partial charge >= 0.3 is 0 Å². The number of hydrogen-bond acceptors (Lipinski definition) is 5. The van der Waals surface area contributed by atoms with Crippen LogP contribution in [0.3, 0.4) is 0 Å². The quantitative estimate of drug-likeness (QED) is 0.686. The van der Waals surface area contributed by atoms with E-state index in [2.05, 4.69) is 22.3 Å². The van der Waals surface area contributed by atoms with Gasteiger partial charge in [-0.2, -0.15) is 0 Å². The fourth-order valence-corrected chi connectivity index (χ4v) is 3.99. The summed E-state index contributed by atoms with van der Waals surface area (Å²) in [7, 11) is 0. The molecule has 7 nitrogen and oxygen atoms in total. The summed E-state index contributed by atoms with van der Waals surface area (Å²) in [6, 6.07) is 22.3. The molecule has 0 radical (unpaired) electrons. The smallest absolute Gasteiger partial charge is 0.256 e. The fraction of sp³-hybridized carbons (Fsp3) is 0.200. The number of carbonyl (C=O) groups is 2. The van der Waals surface area contributed by atoms with Gasteiger partial charge in [-0.1, -0.05) is 30.3 Å². The number of anilines is 2. The highest BCUT2D eigenvalue weighted by molar-refractivity contribution is 6.09. The Morgan fingerprint density at radius 3 is 2.31 bits per heavy atom. The molecule has 0 unspecified atom stereocenters. The van der Waals surface area contributed by atoms with Crippen molar-refractivity contribution in [2.24, 2.45) is 0 Å². The van der Waals surface area contributed by atoms with Gasteiger partial charge in [0.25, 0.3) is 11.8 Å². The number of benzene rings is 3. The van der Waals surface area contributed by atoms with E-state index < -0.39 is 0 Å². The summed E-state index contributed by atoms with van der Waals surface area (Å²) in [6.07, 6.45) is 0. The molecule has 2 aliphatic heterocycles. The normalized spacial score (nSPS) is 14.9. The fourth-order valence-electron chi connectivity index (χ4n) is 3.99. The maximum absolute atomic E-state index is 13.3. The van der Waals surface area contributed by atoms with E-state index in [1.165, 1.54) is 0 Å². The molecule has 2 aliphatic rings. The number of nitrogens with zero attached hydrogens (tertiary/aromatic N) is 2. The van der Waals surface area contributed by atoms with E-state index >= 15 is 0 Å². The van der Waals surface area contributed by atoms with Gasteiger partial charge in [-0.3, -0.25) is 9.59 Å². The molecule has 0 spiro atoms. The minimum atomic E-state index is -0.308. The van der Waals surface area contributed by atoms with Crippen LogP contribution < -0.4 is 19.7 Å². The van der Waals surface area contributed by atoms with Crippen molar-refractivity contribution in [3.63, 3.8) is 0 Å². The summed E-state index contributed by atoms with van der Waals surface area (Å²) < 4.78 is 10.7. The molecule has 2 amide bonds. The van der Waals surface area contributed by atoms with Gasteiger partial charge in [-0.25, -0.2) is 0 Å². The molecule has 2 heterocycles. The van der Waals surface area contributed by atoms with Crippen molar-refractivity contribution in [2.45, 2.75) is 0 Å². The summed E-state index contributed by atoms with van der Waals surface area (Å²) in [5.41, 5.74) is 2.57. The third-order valence-corrected chi connectivity index (χ3v) is 5.73. The zero-order chi connectivity index (χ0) is 21.9. The maximum Gasteiger partial charge on any atom is 0.256 e. The van der Waals surface area contributed by atoms with E-state index in [0.717, 1.165) is 18.8 Å². The Labute approximate surface area is 186 Å². The average Bonchev–Trinajstić information content (AvgIpc) is 3.33. The van der Waals surface area contributed by atoms with Gasteiger partial charge in [0, 0.05) is 37.4 Å². The number of ether oxygens (including phenoxy) is 2. The molecule has 32 heavy (non-hydrogen) atoms. The first-order valence-corrected chi connectivity index (χ1v) is 10.6. The first-order chi connectivity index (χ1) is 15.7. The number of hydrogen-bond donors (Lipinski definition) is 1. The summed E-state index contributed by atoms with van der Waals surface area (Å²) in [6.45, 7) is 2.93. The van der Waals surface area contributed by atoms with E-state index in [1.807, 2.05) is 29.2 Å². The molecule has 5 rings (SSSR count). The molecule has 3 aromatic carbocycles. The molecule has 1 fully saturated rings. The molecule has 7 heteroatoms. The van der Waals surface area contributed by atoms with Crippen LogP contribution in [-0.2, 0) is 0 Å². The monoisotopic (exact) mass is 429 g/mol. The predicted octanol–water partition coefficient (Wildman–Crippen LogP) is 3.63. The zero-order valence-corrected chi connectivity index (χ0v) is 17.5. The number of fused-ring (bicyclic) bond motifs is 1. The van der Waals surface area contributed by atoms with Crippen molar-refractivity contribution < 1.29 is 19.1 Å². The minimum absolute atomic E-state index is 0.0840. The Morgan fingerprint density at radius 1 is 0.781 bits per heavy atom. The lowest BCUT2D eigenvalue weighted by Gasteiger charge is -2.36. The Balaban J connectivity index is 1.28. The van der Waals surface area contributed by atoms with Crippen LogP contribution in [0.5, 0.6) is 11.5 Å². The van der Waals surface area contributed by atoms with Gasteiger partial charge in [0.2, 0.25) is 6.79 Å². The second-order valence-electron chi connectivity index (χ2n) is 7.68. The van der Waals surface area contributed by atoms with Crippen LogP contribution in [0, 0.1) is 0 Å². The number of piperazine rings is 1. The van der Waals surface area contributed by atoms with Crippen molar-refractivity contribution in [3.05, 3.63) is 83.9 Å². The Kier molecular flexibility index (Phi) is 5.37. The number of carbonyl (C=O) groups excluding carboxylic acids is 2. The van der Waals surface area contributed by atoms with E-state index in [0.29, 0.717) is 41.4 Å². The highest BCUT2D eigenvalue weighted by atomic mass is 16.7. The van der Waals surface area contributed by atoms with Crippen molar-refractivity contribution in [1.29, 1.82) is 0 Å². The summed E-state index contributed by atoms with van der Waals surface area (Å²) in [5, 5.41) is 2.88. The number of amides is 2. The zero-order valence-electron chi connectivity index (χ0n) is 17.5. The summed E-state index contributed by atoms with van der Waals surface area (Å²) in [4.78, 5) is 30.2. The summed E-state index contributed by atoms with van der Waals surface area (Å²) in [5.74, 6) is 0.766. The lowest BCUT2D eigenvalue weighted by molar-refractivity contribution is 0.0748. The molecule has 0 aliphatic carbocycles. The molecule has 0 bridgehead atoms. The molecular weight excluding hydrogens is 406 g/mol. The van der Waals surface area contributed by atoms with E-state index in [9.17, 15) is 9.59 Å². The van der Waals surface area contributed by atoms with Gasteiger partial charge in [0.1, 0.15) is 0 Å². The topological polar surface area (TPSA) is 71.1 Å². The van der Waals surface area contributed by atoms with Crippen LogP contribution in [-0.4, -0.2) is 49.7 Å². The van der Waals surface area contributed by atoms with E-state index in [-0.39, 0.29) is 18.6 Å². The lowest BCUT2D eigenvalue weighted by Crippen LogP contribution is -2.48. The first kappa shape index (κ1) is 19.9. The minimum Gasteiger partial charge on any atom is -0.454 e. The molecule has 0 atom stereocenters. The maximum atomic E-state index is 13.3. The van der Waals surface area contributed by atoms with Crippen molar-refractivity contribution in [2.75, 3.05) is 43.2 Å². The second-order valence-corrected chi connectivity index (χ2v) is 7.68. The highest BCUT2D eigenvalue weighted by Crippen LogP contribution is 2.32. The van der Waals surface area contributed by atoms with Gasteiger partial charge in [0.15, 0.2) is 11.5 Å². The summed E-state index contributed by atoms with van der Waals surface area (Å²) >= 11 is 0. The number of nitrogens with one attached hydrogen (secondary N) is 1. The van der Waals surface area contributed by atoms with Gasteiger partial charge in [-0.05, 0) is 42.5 Å². The van der Waals surface area contributed by atoms with Crippen LogP contribution in [0.2, 0.25) is 0 Å². The molecule has 162 valence electrons. The lowest BCUT2D eigenvalue weighted by atomic mass is 10.1. The third kappa shape index (κ3) is 3.97. The van der Waals surface area contributed by atoms with E-state index in [4.69, 9.17) is 9.47 Å². The number of para-hydroxylation sites is 2.